The van der Waals surface area contributed by atoms with E-state index in [0.717, 1.165) is 0 Å². The Morgan fingerprint density at radius 1 is 1.62 bits per heavy atom. The van der Waals surface area contributed by atoms with Gasteiger partial charge < -0.3 is 9.84 Å². The van der Waals surface area contributed by atoms with E-state index in [0.29, 0.717) is 18.3 Å². The third kappa shape index (κ3) is 3.56. The molecule has 0 bridgehead atoms. The fourth-order valence-corrected chi connectivity index (χ4v) is 0.894. The zero-order valence-electron chi connectivity index (χ0n) is 9.10. The van der Waals surface area contributed by atoms with Crippen molar-refractivity contribution in [2.45, 2.75) is 13.8 Å². The van der Waals surface area contributed by atoms with E-state index < -0.39 is 5.97 Å². The van der Waals surface area contributed by atoms with Crippen molar-refractivity contribution < 1.29 is 14.6 Å². The van der Waals surface area contributed by atoms with Crippen molar-refractivity contribution in [2.24, 2.45) is 5.10 Å². The van der Waals surface area contributed by atoms with Crippen LogP contribution in [0.1, 0.15) is 13.8 Å². The fourth-order valence-electron chi connectivity index (χ4n) is 0.894. The second-order valence-electron chi connectivity index (χ2n) is 2.91. The zero-order valence-corrected chi connectivity index (χ0v) is 9.10. The van der Waals surface area contributed by atoms with Gasteiger partial charge in [0.05, 0.1) is 6.61 Å². The monoisotopic (exact) mass is 223 g/mol. The minimum atomic E-state index is -1.08. The van der Waals surface area contributed by atoms with Crippen molar-refractivity contribution >= 4 is 17.5 Å². The van der Waals surface area contributed by atoms with Crippen molar-refractivity contribution in [2.75, 3.05) is 12.0 Å². The smallest absolute Gasteiger partial charge is 0.351 e. The van der Waals surface area contributed by atoms with Gasteiger partial charge in [-0.25, -0.2) is 4.79 Å². The summed E-state index contributed by atoms with van der Waals surface area (Å²) in [5.74, 6) is -0.171. The van der Waals surface area contributed by atoms with Gasteiger partial charge in [0.25, 0.3) is 0 Å². The number of pyridine rings is 1. The lowest BCUT2D eigenvalue weighted by molar-refractivity contribution is -0.129. The highest BCUT2D eigenvalue weighted by molar-refractivity contribution is 6.34. The second kappa shape index (κ2) is 5.69. The highest BCUT2D eigenvalue weighted by Gasteiger charge is 2.01. The van der Waals surface area contributed by atoms with E-state index >= 15 is 0 Å². The summed E-state index contributed by atoms with van der Waals surface area (Å²) in [6.07, 6.45) is 0. The molecule has 6 heteroatoms. The molecule has 0 fully saturated rings. The molecule has 0 amide bonds. The summed E-state index contributed by atoms with van der Waals surface area (Å²) in [5, 5.41) is 12.2. The Kier molecular flexibility index (Phi) is 4.26. The number of anilines is 1. The van der Waals surface area contributed by atoms with Crippen molar-refractivity contribution in [3.8, 4) is 5.88 Å². The number of carbonyl (C=O) groups is 1. The molecule has 86 valence electrons. The number of nitrogens with zero attached hydrogens (tertiary/aromatic N) is 2. The molecule has 6 nitrogen and oxygen atoms in total. The first-order valence-corrected chi connectivity index (χ1v) is 4.77. The Balaban J connectivity index is 2.70. The van der Waals surface area contributed by atoms with Crippen LogP contribution in [0.4, 0.5) is 5.82 Å². The van der Waals surface area contributed by atoms with E-state index in [4.69, 9.17) is 9.84 Å². The molecule has 2 N–H and O–H groups in total. The Morgan fingerprint density at radius 2 is 2.38 bits per heavy atom. The maximum absolute atomic E-state index is 10.5. The first-order valence-electron chi connectivity index (χ1n) is 4.77. The minimum Gasteiger partial charge on any atom is -0.478 e. The molecule has 0 aliphatic carbocycles. The van der Waals surface area contributed by atoms with Crippen LogP contribution in [0.2, 0.25) is 0 Å². The number of ether oxygens (including phenoxy) is 1. The number of carboxylic acid groups (broad SMARTS) is 1. The molecule has 1 heterocycles. The van der Waals surface area contributed by atoms with Crippen LogP contribution in [-0.2, 0) is 4.79 Å². The lowest BCUT2D eigenvalue weighted by Crippen LogP contribution is -2.10. The summed E-state index contributed by atoms with van der Waals surface area (Å²) >= 11 is 0. The molecule has 0 aromatic carbocycles. The van der Waals surface area contributed by atoms with Crippen LogP contribution in [0.15, 0.2) is 23.3 Å². The van der Waals surface area contributed by atoms with Gasteiger partial charge in [0.15, 0.2) is 0 Å². The molecule has 0 unspecified atom stereocenters. The maximum atomic E-state index is 10.5. The molecule has 16 heavy (non-hydrogen) atoms. The van der Waals surface area contributed by atoms with Gasteiger partial charge >= 0.3 is 5.97 Å². The van der Waals surface area contributed by atoms with Gasteiger partial charge in [-0.2, -0.15) is 10.1 Å². The van der Waals surface area contributed by atoms with Gasteiger partial charge in [-0.05, 0) is 19.9 Å². The van der Waals surface area contributed by atoms with Gasteiger partial charge in [0.2, 0.25) is 5.88 Å². The molecule has 0 saturated heterocycles. The van der Waals surface area contributed by atoms with Crippen LogP contribution in [0, 0.1) is 0 Å². The first-order chi connectivity index (χ1) is 7.63. The van der Waals surface area contributed by atoms with Crippen LogP contribution in [0.3, 0.4) is 0 Å². The minimum absolute atomic E-state index is 0.0383. The van der Waals surface area contributed by atoms with Crippen LogP contribution in [0.25, 0.3) is 0 Å². The number of hydrogen-bond donors (Lipinski definition) is 2. The molecule has 0 spiro atoms. The van der Waals surface area contributed by atoms with E-state index in [1.54, 1.807) is 18.2 Å². The highest BCUT2D eigenvalue weighted by atomic mass is 16.5. The molecular formula is C10H13N3O3. The molecule has 0 atom stereocenters. The largest absolute Gasteiger partial charge is 0.478 e. The number of rotatable bonds is 5. The number of aromatic nitrogens is 1. The number of aliphatic carboxylic acids is 1. The summed E-state index contributed by atoms with van der Waals surface area (Å²) in [5.41, 5.74) is 2.50. The van der Waals surface area contributed by atoms with Gasteiger partial charge in [-0.1, -0.05) is 6.07 Å². The van der Waals surface area contributed by atoms with E-state index in [1.807, 2.05) is 6.92 Å². The fraction of sp³-hybridized carbons (Fsp3) is 0.300. The first kappa shape index (κ1) is 12.0. The van der Waals surface area contributed by atoms with Gasteiger partial charge in [-0.15, -0.1) is 0 Å². The summed E-state index contributed by atoms with van der Waals surface area (Å²) in [7, 11) is 0. The average Bonchev–Trinajstić information content (AvgIpc) is 2.26. The SMILES string of the molecule is CCOc1cccc(NN=C(C)C(=O)O)n1. The summed E-state index contributed by atoms with van der Waals surface area (Å²) < 4.78 is 5.18. The Morgan fingerprint density at radius 3 is 3.00 bits per heavy atom. The van der Waals surface area contributed by atoms with E-state index in [2.05, 4.69) is 15.5 Å². The van der Waals surface area contributed by atoms with Gasteiger partial charge in [0, 0.05) is 6.07 Å². The van der Waals surface area contributed by atoms with E-state index in [9.17, 15) is 4.79 Å². The van der Waals surface area contributed by atoms with Crippen molar-refractivity contribution in [3.05, 3.63) is 18.2 Å². The predicted octanol–water partition coefficient (Wildman–Crippen LogP) is 1.35. The van der Waals surface area contributed by atoms with Gasteiger partial charge in [0.1, 0.15) is 11.5 Å². The Bertz CT molecular complexity index is 404. The van der Waals surface area contributed by atoms with Crippen molar-refractivity contribution in [3.63, 3.8) is 0 Å². The quantitative estimate of drug-likeness (QED) is 0.581. The lowest BCUT2D eigenvalue weighted by Gasteiger charge is -2.04. The molecule has 1 aromatic heterocycles. The number of hydrogen-bond acceptors (Lipinski definition) is 5. The van der Waals surface area contributed by atoms with Crippen LogP contribution in [-0.4, -0.2) is 28.4 Å². The molecule has 1 aromatic rings. The molecular weight excluding hydrogens is 210 g/mol. The lowest BCUT2D eigenvalue weighted by atomic mass is 10.4. The van der Waals surface area contributed by atoms with Crippen molar-refractivity contribution in [1.29, 1.82) is 0 Å². The highest BCUT2D eigenvalue weighted by Crippen LogP contribution is 2.11. The molecule has 0 aliphatic rings. The second-order valence-corrected chi connectivity index (χ2v) is 2.91. The van der Waals surface area contributed by atoms with Crippen LogP contribution < -0.4 is 10.2 Å². The van der Waals surface area contributed by atoms with Crippen LogP contribution in [0.5, 0.6) is 5.88 Å². The van der Waals surface area contributed by atoms with E-state index in [1.165, 1.54) is 6.92 Å². The third-order valence-electron chi connectivity index (χ3n) is 1.66. The number of carboxylic acids is 1. The Labute approximate surface area is 93.0 Å². The third-order valence-corrected chi connectivity index (χ3v) is 1.66. The molecule has 0 saturated carbocycles. The van der Waals surface area contributed by atoms with Crippen molar-refractivity contribution in [1.82, 2.24) is 4.98 Å². The molecule has 0 aliphatic heterocycles. The maximum Gasteiger partial charge on any atom is 0.351 e. The number of hydrazone groups is 1. The summed E-state index contributed by atoms with van der Waals surface area (Å²) in [6, 6.07) is 5.12. The zero-order chi connectivity index (χ0) is 12.0. The van der Waals surface area contributed by atoms with E-state index in [-0.39, 0.29) is 5.71 Å². The summed E-state index contributed by atoms with van der Waals surface area (Å²) in [6.45, 7) is 3.77. The number of nitrogens with one attached hydrogen (secondary N) is 1. The molecule has 0 radical (unpaired) electrons. The summed E-state index contributed by atoms with van der Waals surface area (Å²) in [4.78, 5) is 14.5. The standard InChI is InChI=1S/C10H13N3O3/c1-3-16-9-6-4-5-8(11-9)13-12-7(2)10(14)15/h4-6H,3H2,1-2H3,(H,11,13)(H,14,15). The van der Waals surface area contributed by atoms with Crippen LogP contribution >= 0.6 is 0 Å². The average molecular weight is 223 g/mol. The molecule has 1 rings (SSSR count). The topological polar surface area (TPSA) is 83.8 Å². The Hall–Kier alpha value is -2.11. The normalized spacial score (nSPS) is 11.0. The van der Waals surface area contributed by atoms with Gasteiger partial charge in [-0.3, -0.25) is 5.43 Å². The predicted molar refractivity (Wildman–Crippen MR) is 59.8 cm³/mol.